The molecule has 2 aromatic rings. The van der Waals surface area contributed by atoms with Crippen LogP contribution in [0.25, 0.3) is 0 Å². The highest BCUT2D eigenvalue weighted by atomic mass is 16.4. The number of fused-ring (bicyclic) bond motifs is 1. The van der Waals surface area contributed by atoms with Crippen molar-refractivity contribution in [2.45, 2.75) is 71.9 Å². The van der Waals surface area contributed by atoms with E-state index in [0.717, 1.165) is 61.1 Å². The SMILES string of the molecule is CCc1oc(C(=O)N2CCc3oc(C4CCC4)nc3C2)cc1CN(CC)CC. The molecule has 1 amide bonds. The van der Waals surface area contributed by atoms with Crippen molar-refractivity contribution in [2.24, 2.45) is 0 Å². The maximum Gasteiger partial charge on any atom is 0.289 e. The zero-order valence-electron chi connectivity index (χ0n) is 17.3. The van der Waals surface area contributed by atoms with Gasteiger partial charge in [-0.2, -0.15) is 0 Å². The van der Waals surface area contributed by atoms with Crippen LogP contribution >= 0.6 is 0 Å². The van der Waals surface area contributed by atoms with E-state index in [1.54, 1.807) is 0 Å². The Morgan fingerprint density at radius 2 is 2.04 bits per heavy atom. The van der Waals surface area contributed by atoms with Gasteiger partial charge in [0.05, 0.1) is 6.54 Å². The molecule has 2 aliphatic rings. The van der Waals surface area contributed by atoms with Crippen LogP contribution in [0.15, 0.2) is 14.9 Å². The molecule has 2 aromatic heterocycles. The number of hydrogen-bond acceptors (Lipinski definition) is 5. The highest BCUT2D eigenvalue weighted by Crippen LogP contribution is 2.37. The molecule has 4 rings (SSSR count). The lowest BCUT2D eigenvalue weighted by atomic mass is 9.85. The summed E-state index contributed by atoms with van der Waals surface area (Å²) in [7, 11) is 0. The topological polar surface area (TPSA) is 62.7 Å². The molecule has 1 aliphatic carbocycles. The number of furan rings is 1. The van der Waals surface area contributed by atoms with Crippen LogP contribution in [0, 0.1) is 0 Å². The first kappa shape index (κ1) is 19.2. The van der Waals surface area contributed by atoms with E-state index in [2.05, 4.69) is 25.7 Å². The molecule has 3 heterocycles. The maximum absolute atomic E-state index is 13.1. The van der Waals surface area contributed by atoms with E-state index in [4.69, 9.17) is 13.8 Å². The van der Waals surface area contributed by atoms with Gasteiger partial charge in [0.1, 0.15) is 17.2 Å². The summed E-state index contributed by atoms with van der Waals surface area (Å²) in [6.45, 7) is 10.3. The molecule has 152 valence electrons. The van der Waals surface area contributed by atoms with E-state index >= 15 is 0 Å². The van der Waals surface area contributed by atoms with E-state index in [9.17, 15) is 4.79 Å². The van der Waals surface area contributed by atoms with Gasteiger partial charge in [-0.05, 0) is 32.0 Å². The lowest BCUT2D eigenvalue weighted by molar-refractivity contribution is 0.0693. The Morgan fingerprint density at radius 3 is 2.68 bits per heavy atom. The van der Waals surface area contributed by atoms with Gasteiger partial charge in [-0.25, -0.2) is 4.98 Å². The molecule has 0 spiro atoms. The van der Waals surface area contributed by atoms with Gasteiger partial charge < -0.3 is 13.7 Å². The standard InChI is InChI=1S/C22H31N3O3/c1-4-18-16(13-24(5-2)6-3)12-20(27-18)22(26)25-11-10-19-17(14-25)23-21(28-19)15-8-7-9-15/h12,15H,4-11,13-14H2,1-3H3. The molecule has 1 saturated carbocycles. The molecule has 0 atom stereocenters. The zero-order chi connectivity index (χ0) is 19.7. The predicted molar refractivity (Wildman–Crippen MR) is 106 cm³/mol. The molecule has 0 bridgehead atoms. The van der Waals surface area contributed by atoms with Crippen molar-refractivity contribution < 1.29 is 13.6 Å². The molecule has 6 nitrogen and oxygen atoms in total. The minimum absolute atomic E-state index is 0.0423. The maximum atomic E-state index is 13.1. The molecule has 28 heavy (non-hydrogen) atoms. The average molecular weight is 386 g/mol. The number of nitrogens with zero attached hydrogens (tertiary/aromatic N) is 3. The van der Waals surface area contributed by atoms with Crippen molar-refractivity contribution in [2.75, 3.05) is 19.6 Å². The lowest BCUT2D eigenvalue weighted by Gasteiger charge is -2.24. The quantitative estimate of drug-likeness (QED) is 0.717. The van der Waals surface area contributed by atoms with Gasteiger partial charge in [-0.15, -0.1) is 0 Å². The monoisotopic (exact) mass is 385 g/mol. The fourth-order valence-corrected chi connectivity index (χ4v) is 4.07. The summed E-state index contributed by atoms with van der Waals surface area (Å²) in [5.41, 5.74) is 2.05. The van der Waals surface area contributed by atoms with E-state index in [1.165, 1.54) is 19.3 Å². The number of amides is 1. The first-order valence-electron chi connectivity index (χ1n) is 10.7. The van der Waals surface area contributed by atoms with Crippen LogP contribution in [0.1, 0.15) is 85.2 Å². The van der Waals surface area contributed by atoms with E-state index in [0.29, 0.717) is 24.8 Å². The van der Waals surface area contributed by atoms with Gasteiger partial charge in [0.15, 0.2) is 11.7 Å². The Morgan fingerprint density at radius 1 is 1.25 bits per heavy atom. The molecule has 0 N–H and O–H groups in total. The zero-order valence-corrected chi connectivity index (χ0v) is 17.3. The summed E-state index contributed by atoms with van der Waals surface area (Å²) in [6, 6.07) is 1.94. The van der Waals surface area contributed by atoms with Crippen molar-refractivity contribution in [3.63, 3.8) is 0 Å². The molecule has 0 radical (unpaired) electrons. The summed E-state index contributed by atoms with van der Waals surface area (Å²) >= 11 is 0. The van der Waals surface area contributed by atoms with Gasteiger partial charge in [0, 0.05) is 37.4 Å². The summed E-state index contributed by atoms with van der Waals surface area (Å²) in [5, 5.41) is 0. The third kappa shape index (κ3) is 3.62. The van der Waals surface area contributed by atoms with Crippen molar-refractivity contribution in [3.05, 3.63) is 40.5 Å². The number of aromatic nitrogens is 1. The molecular weight excluding hydrogens is 354 g/mol. The van der Waals surface area contributed by atoms with Crippen LogP contribution in [0.3, 0.4) is 0 Å². The number of hydrogen-bond donors (Lipinski definition) is 0. The number of oxazole rings is 1. The third-order valence-corrected chi connectivity index (χ3v) is 6.20. The van der Waals surface area contributed by atoms with Gasteiger partial charge in [-0.1, -0.05) is 27.2 Å². The number of carbonyl (C=O) groups is 1. The summed E-state index contributed by atoms with van der Waals surface area (Å²) < 4.78 is 11.9. The van der Waals surface area contributed by atoms with Gasteiger partial charge in [-0.3, -0.25) is 9.69 Å². The van der Waals surface area contributed by atoms with Crippen LogP contribution < -0.4 is 0 Å². The fraction of sp³-hybridized carbons (Fsp3) is 0.636. The lowest BCUT2D eigenvalue weighted by Crippen LogP contribution is -2.35. The van der Waals surface area contributed by atoms with Gasteiger partial charge in [0.2, 0.25) is 0 Å². The van der Waals surface area contributed by atoms with Crippen molar-refractivity contribution in [3.8, 4) is 0 Å². The molecule has 1 aliphatic heterocycles. The Labute approximate surface area is 166 Å². The second-order valence-electron chi connectivity index (χ2n) is 7.90. The summed E-state index contributed by atoms with van der Waals surface area (Å²) in [5.74, 6) is 3.64. The molecular formula is C22H31N3O3. The normalized spacial score (nSPS) is 17.1. The third-order valence-electron chi connectivity index (χ3n) is 6.20. The van der Waals surface area contributed by atoms with E-state index in [-0.39, 0.29) is 5.91 Å². The van der Waals surface area contributed by atoms with Crippen molar-refractivity contribution >= 4 is 5.91 Å². The number of rotatable bonds is 7. The molecule has 0 saturated heterocycles. The first-order valence-corrected chi connectivity index (χ1v) is 10.7. The van der Waals surface area contributed by atoms with E-state index in [1.807, 2.05) is 11.0 Å². The largest absolute Gasteiger partial charge is 0.456 e. The Kier molecular flexibility index (Phi) is 5.58. The molecule has 1 fully saturated rings. The molecule has 0 aromatic carbocycles. The number of carbonyl (C=O) groups excluding carboxylic acids is 1. The van der Waals surface area contributed by atoms with Crippen LogP contribution in [0.4, 0.5) is 0 Å². The van der Waals surface area contributed by atoms with E-state index < -0.39 is 0 Å². The van der Waals surface area contributed by atoms with Crippen LogP contribution in [-0.4, -0.2) is 40.3 Å². The second kappa shape index (κ2) is 8.11. The summed E-state index contributed by atoms with van der Waals surface area (Å²) in [4.78, 5) is 22.0. The van der Waals surface area contributed by atoms with Crippen molar-refractivity contribution in [1.29, 1.82) is 0 Å². The smallest absolute Gasteiger partial charge is 0.289 e. The fourth-order valence-electron chi connectivity index (χ4n) is 4.07. The Hall–Kier alpha value is -2.08. The van der Waals surface area contributed by atoms with Crippen molar-refractivity contribution in [1.82, 2.24) is 14.8 Å². The Bertz CT molecular complexity index is 830. The number of aryl methyl sites for hydroxylation is 1. The molecule has 0 unspecified atom stereocenters. The Balaban J connectivity index is 1.48. The highest BCUT2D eigenvalue weighted by Gasteiger charge is 2.31. The van der Waals surface area contributed by atoms with Gasteiger partial charge >= 0.3 is 0 Å². The highest BCUT2D eigenvalue weighted by molar-refractivity contribution is 5.92. The second-order valence-corrected chi connectivity index (χ2v) is 7.90. The van der Waals surface area contributed by atoms with Crippen LogP contribution in [0.2, 0.25) is 0 Å². The predicted octanol–water partition coefficient (Wildman–Crippen LogP) is 4.14. The average Bonchev–Trinajstić information content (AvgIpc) is 3.26. The van der Waals surface area contributed by atoms with Crippen LogP contribution in [0.5, 0.6) is 0 Å². The minimum atomic E-state index is -0.0423. The first-order chi connectivity index (χ1) is 13.6. The minimum Gasteiger partial charge on any atom is -0.456 e. The van der Waals surface area contributed by atoms with Gasteiger partial charge in [0.25, 0.3) is 5.91 Å². The van der Waals surface area contributed by atoms with Crippen LogP contribution in [-0.2, 0) is 25.9 Å². The summed E-state index contributed by atoms with van der Waals surface area (Å²) in [6.07, 6.45) is 5.12. The molecule has 6 heteroatoms.